The molecule has 0 unspecified atom stereocenters. The Kier molecular flexibility index (Phi) is 5.58. The predicted molar refractivity (Wildman–Crippen MR) is 78.9 cm³/mol. The number of carbonyl (C=O) groups excluding carboxylic acids is 1. The topological polar surface area (TPSA) is 53.2 Å². The Labute approximate surface area is 113 Å². The number of nitrogens with one attached hydrogen (secondary N) is 3. The molecule has 0 aliphatic heterocycles. The summed E-state index contributed by atoms with van der Waals surface area (Å²) in [4.78, 5) is 11.8. The quantitative estimate of drug-likeness (QED) is 0.730. The molecule has 1 aromatic carbocycles. The molecule has 1 rings (SSSR count). The minimum absolute atomic E-state index is 0.0805. The summed E-state index contributed by atoms with van der Waals surface area (Å²) in [5.41, 5.74) is 1.42. The Morgan fingerprint density at radius 3 is 2.72 bits per heavy atom. The van der Waals surface area contributed by atoms with Gasteiger partial charge >= 0.3 is 0 Å². The van der Waals surface area contributed by atoms with Crippen LogP contribution in [0.15, 0.2) is 24.3 Å². The first-order valence-electron chi connectivity index (χ1n) is 5.98. The molecule has 1 aromatic rings. The maximum absolute atomic E-state index is 11.8. The van der Waals surface area contributed by atoms with Crippen LogP contribution in [0.2, 0.25) is 0 Å². The molecule has 0 aliphatic carbocycles. The molecule has 0 aliphatic rings. The van der Waals surface area contributed by atoms with Gasteiger partial charge in [0, 0.05) is 23.8 Å². The van der Waals surface area contributed by atoms with Gasteiger partial charge in [-0.3, -0.25) is 4.79 Å². The highest BCUT2D eigenvalue weighted by molar-refractivity contribution is 7.80. The van der Waals surface area contributed by atoms with Crippen molar-refractivity contribution in [1.82, 2.24) is 10.6 Å². The van der Waals surface area contributed by atoms with Crippen molar-refractivity contribution in [3.05, 3.63) is 29.8 Å². The Balaban J connectivity index is 2.73. The van der Waals surface area contributed by atoms with E-state index in [4.69, 9.17) is 12.2 Å². The smallest absolute Gasteiger partial charge is 0.251 e. The molecule has 1 amide bonds. The summed E-state index contributed by atoms with van der Waals surface area (Å²) < 4.78 is 0. The molecular formula is C13H19N3OS. The van der Waals surface area contributed by atoms with Crippen LogP contribution < -0.4 is 16.0 Å². The zero-order valence-corrected chi connectivity index (χ0v) is 11.7. The van der Waals surface area contributed by atoms with Gasteiger partial charge in [0.2, 0.25) is 0 Å². The van der Waals surface area contributed by atoms with E-state index in [0.29, 0.717) is 10.7 Å². The Morgan fingerprint density at radius 1 is 1.39 bits per heavy atom. The maximum Gasteiger partial charge on any atom is 0.251 e. The number of thiocarbonyl (C=S) groups is 1. The lowest BCUT2D eigenvalue weighted by atomic mass is 10.2. The van der Waals surface area contributed by atoms with Gasteiger partial charge in [-0.05, 0) is 51.2 Å². The zero-order valence-electron chi connectivity index (χ0n) is 10.9. The van der Waals surface area contributed by atoms with E-state index in [1.165, 1.54) is 0 Å². The maximum atomic E-state index is 11.8. The van der Waals surface area contributed by atoms with Gasteiger partial charge in [-0.2, -0.15) is 0 Å². The average Bonchev–Trinajstić information content (AvgIpc) is 2.28. The molecule has 0 spiro atoms. The van der Waals surface area contributed by atoms with Gasteiger partial charge in [-0.25, -0.2) is 0 Å². The first kappa shape index (κ1) is 14.4. The van der Waals surface area contributed by atoms with Crippen LogP contribution in [-0.2, 0) is 0 Å². The van der Waals surface area contributed by atoms with Crippen molar-refractivity contribution in [3.63, 3.8) is 0 Å². The van der Waals surface area contributed by atoms with Crippen molar-refractivity contribution in [2.45, 2.75) is 26.8 Å². The van der Waals surface area contributed by atoms with Gasteiger partial charge in [0.1, 0.15) is 0 Å². The normalized spacial score (nSPS) is 10.0. The number of carbonyl (C=O) groups is 1. The molecule has 5 heteroatoms. The molecule has 0 bridgehead atoms. The first-order chi connectivity index (χ1) is 8.52. The third kappa shape index (κ3) is 4.71. The van der Waals surface area contributed by atoms with Gasteiger partial charge in [0.25, 0.3) is 5.91 Å². The predicted octanol–water partition coefficient (Wildman–Crippen LogP) is 2.13. The summed E-state index contributed by atoms with van der Waals surface area (Å²) in [6.45, 7) is 6.60. The van der Waals surface area contributed by atoms with Crippen molar-refractivity contribution >= 4 is 28.9 Å². The molecule has 0 heterocycles. The minimum atomic E-state index is -0.0805. The number of hydrogen-bond donors (Lipinski definition) is 3. The summed E-state index contributed by atoms with van der Waals surface area (Å²) in [7, 11) is 0. The van der Waals surface area contributed by atoms with E-state index in [2.05, 4.69) is 16.0 Å². The third-order valence-electron chi connectivity index (χ3n) is 2.14. The van der Waals surface area contributed by atoms with Gasteiger partial charge in [-0.15, -0.1) is 0 Å². The molecular weight excluding hydrogens is 246 g/mol. The van der Waals surface area contributed by atoms with Crippen LogP contribution in [0.3, 0.4) is 0 Å². The van der Waals surface area contributed by atoms with Crippen molar-refractivity contribution in [2.75, 3.05) is 11.9 Å². The second-order valence-electron chi connectivity index (χ2n) is 4.19. The molecule has 4 nitrogen and oxygen atoms in total. The number of anilines is 1. The van der Waals surface area contributed by atoms with Crippen LogP contribution in [0.1, 0.15) is 31.1 Å². The van der Waals surface area contributed by atoms with Crippen molar-refractivity contribution < 1.29 is 4.79 Å². The molecule has 0 saturated heterocycles. The van der Waals surface area contributed by atoms with E-state index >= 15 is 0 Å². The Morgan fingerprint density at radius 2 is 2.11 bits per heavy atom. The van der Waals surface area contributed by atoms with Crippen LogP contribution in [0, 0.1) is 0 Å². The van der Waals surface area contributed by atoms with E-state index < -0.39 is 0 Å². The molecule has 0 fully saturated rings. The largest absolute Gasteiger partial charge is 0.363 e. The summed E-state index contributed by atoms with van der Waals surface area (Å²) in [6, 6.07) is 7.37. The number of benzene rings is 1. The van der Waals surface area contributed by atoms with Crippen LogP contribution in [-0.4, -0.2) is 23.6 Å². The van der Waals surface area contributed by atoms with Gasteiger partial charge < -0.3 is 16.0 Å². The fraction of sp³-hybridized carbons (Fsp3) is 0.385. The monoisotopic (exact) mass is 265 g/mol. The highest BCUT2D eigenvalue weighted by atomic mass is 32.1. The van der Waals surface area contributed by atoms with Gasteiger partial charge in [-0.1, -0.05) is 6.07 Å². The second kappa shape index (κ2) is 6.96. The van der Waals surface area contributed by atoms with E-state index in [1.807, 2.05) is 32.9 Å². The lowest BCUT2D eigenvalue weighted by Gasteiger charge is -2.11. The zero-order chi connectivity index (χ0) is 13.5. The van der Waals surface area contributed by atoms with Crippen LogP contribution >= 0.6 is 12.2 Å². The summed E-state index contributed by atoms with van der Waals surface area (Å²) in [5, 5.41) is 9.43. The molecule has 3 N–H and O–H groups in total. The fourth-order valence-electron chi connectivity index (χ4n) is 1.42. The summed E-state index contributed by atoms with van der Waals surface area (Å²) in [6.07, 6.45) is 0. The standard InChI is InChI=1S/C13H19N3OS/c1-4-14-13(18)16-11-7-5-6-10(8-11)12(17)15-9(2)3/h5-9H,4H2,1-3H3,(H,15,17)(H2,14,16,18). The first-order valence-corrected chi connectivity index (χ1v) is 6.39. The fourth-order valence-corrected chi connectivity index (χ4v) is 1.68. The molecule has 0 saturated carbocycles. The molecule has 0 aromatic heterocycles. The highest BCUT2D eigenvalue weighted by Crippen LogP contribution is 2.10. The molecule has 98 valence electrons. The number of rotatable bonds is 4. The lowest BCUT2D eigenvalue weighted by molar-refractivity contribution is 0.0943. The van der Waals surface area contributed by atoms with Crippen molar-refractivity contribution in [3.8, 4) is 0 Å². The number of hydrogen-bond acceptors (Lipinski definition) is 2. The summed E-state index contributed by atoms with van der Waals surface area (Å²) in [5.74, 6) is -0.0805. The van der Waals surface area contributed by atoms with Gasteiger partial charge in [0.05, 0.1) is 0 Å². The molecule has 0 atom stereocenters. The SMILES string of the molecule is CCNC(=S)Nc1cccc(C(=O)NC(C)C)c1. The third-order valence-corrected chi connectivity index (χ3v) is 2.39. The second-order valence-corrected chi connectivity index (χ2v) is 4.60. The van der Waals surface area contributed by atoms with Crippen LogP contribution in [0.4, 0.5) is 5.69 Å². The van der Waals surface area contributed by atoms with Crippen molar-refractivity contribution in [2.24, 2.45) is 0 Å². The van der Waals surface area contributed by atoms with E-state index in [-0.39, 0.29) is 11.9 Å². The Hall–Kier alpha value is -1.62. The highest BCUT2D eigenvalue weighted by Gasteiger charge is 2.07. The van der Waals surface area contributed by atoms with Crippen LogP contribution in [0.25, 0.3) is 0 Å². The Bertz CT molecular complexity index is 432. The van der Waals surface area contributed by atoms with Crippen molar-refractivity contribution in [1.29, 1.82) is 0 Å². The van der Waals surface area contributed by atoms with E-state index in [9.17, 15) is 4.79 Å². The van der Waals surface area contributed by atoms with Gasteiger partial charge in [0.15, 0.2) is 5.11 Å². The van der Waals surface area contributed by atoms with Crippen LogP contribution in [0.5, 0.6) is 0 Å². The van der Waals surface area contributed by atoms with E-state index in [1.54, 1.807) is 12.1 Å². The molecule has 0 radical (unpaired) electrons. The van der Waals surface area contributed by atoms with E-state index in [0.717, 1.165) is 12.2 Å². The summed E-state index contributed by atoms with van der Waals surface area (Å²) >= 11 is 5.09. The number of amides is 1. The lowest BCUT2D eigenvalue weighted by Crippen LogP contribution is -2.30. The molecule has 18 heavy (non-hydrogen) atoms. The minimum Gasteiger partial charge on any atom is -0.363 e. The average molecular weight is 265 g/mol.